The number of benzene rings is 2. The molecule has 0 atom stereocenters. The molecule has 1 heterocycles. The van der Waals surface area contributed by atoms with E-state index < -0.39 is 0 Å². The van der Waals surface area contributed by atoms with Gasteiger partial charge in [-0.3, -0.25) is 0 Å². The van der Waals surface area contributed by atoms with Crippen molar-refractivity contribution in [1.82, 2.24) is 0 Å². The van der Waals surface area contributed by atoms with Crippen LogP contribution in [0.1, 0.15) is 6.92 Å². The summed E-state index contributed by atoms with van der Waals surface area (Å²) in [6.45, 7) is 3.18. The molecule has 102 valence electrons. The first-order valence-electron chi connectivity index (χ1n) is 6.52. The minimum Gasteiger partial charge on any atom is -1.00 e. The summed E-state index contributed by atoms with van der Waals surface area (Å²) >= 11 is 1.81. The van der Waals surface area contributed by atoms with Crippen LogP contribution in [0.5, 0.6) is 0 Å². The molecule has 3 aromatic rings. The van der Waals surface area contributed by atoms with Gasteiger partial charge in [-0.25, -0.2) is 0 Å². The second-order valence-corrected chi connectivity index (χ2v) is 5.27. The number of hydrogen-bond donors (Lipinski definition) is 0. The third-order valence-electron chi connectivity index (χ3n) is 3.22. The zero-order valence-corrected chi connectivity index (χ0v) is 12.9. The molecule has 1 nitrogen and oxygen atoms in total. The molecule has 0 N–H and O–H groups in total. The molecular weight excluding hydrogens is 286 g/mol. The third-order valence-corrected chi connectivity index (χ3v) is 4.25. The number of aromatic nitrogens is 1. The number of hydrogen-bond acceptors (Lipinski definition) is 1. The molecule has 0 amide bonds. The van der Waals surface area contributed by atoms with Crippen molar-refractivity contribution in [3.05, 3.63) is 66.2 Å². The fourth-order valence-corrected chi connectivity index (χ4v) is 3.38. The lowest BCUT2D eigenvalue weighted by Crippen LogP contribution is -3.00. The topological polar surface area (TPSA) is 3.88 Å². The molecule has 0 bridgehead atoms. The van der Waals surface area contributed by atoms with E-state index in [1.54, 1.807) is 0 Å². The van der Waals surface area contributed by atoms with E-state index >= 15 is 0 Å². The molecule has 0 aliphatic carbocycles. The van der Waals surface area contributed by atoms with Crippen molar-refractivity contribution in [3.8, 4) is 21.7 Å². The maximum absolute atomic E-state index is 2.32. The van der Waals surface area contributed by atoms with Gasteiger partial charge in [0.25, 0.3) is 0 Å². The van der Waals surface area contributed by atoms with E-state index in [9.17, 15) is 0 Å². The highest BCUT2D eigenvalue weighted by Gasteiger charge is 2.21. The number of nitrogens with zero attached hydrogens (tertiary/aromatic N) is 1. The molecule has 0 saturated heterocycles. The van der Waals surface area contributed by atoms with Gasteiger partial charge in [0, 0.05) is 5.56 Å². The Labute approximate surface area is 129 Å². The summed E-state index contributed by atoms with van der Waals surface area (Å²) < 4.78 is 2.32. The summed E-state index contributed by atoms with van der Waals surface area (Å²) in [7, 11) is 0. The van der Waals surface area contributed by atoms with Crippen molar-refractivity contribution in [3.63, 3.8) is 0 Å². The van der Waals surface area contributed by atoms with E-state index in [-0.39, 0.29) is 12.4 Å². The molecule has 0 aliphatic heterocycles. The summed E-state index contributed by atoms with van der Waals surface area (Å²) in [5, 5.41) is 0. The molecule has 1 aromatic heterocycles. The second-order valence-electron chi connectivity index (χ2n) is 4.42. The SMILES string of the molecule is CC[n+]1csc(-c2ccccc2)c1-c1ccccc1.[Cl-]. The molecule has 0 unspecified atom stereocenters. The number of halogens is 1. The van der Waals surface area contributed by atoms with Gasteiger partial charge in [0.2, 0.25) is 11.2 Å². The average Bonchev–Trinajstić information content (AvgIpc) is 2.93. The van der Waals surface area contributed by atoms with E-state index in [0.717, 1.165) is 6.54 Å². The van der Waals surface area contributed by atoms with Crippen LogP contribution in [0.15, 0.2) is 66.2 Å². The largest absolute Gasteiger partial charge is 1.00 e. The zero-order chi connectivity index (χ0) is 13.1. The standard InChI is InChI=1S/C17H16NS.ClH/c1-2-18-13-19-17(15-11-7-4-8-12-15)16(18)14-9-5-3-6-10-14;/h3-13H,2H2,1H3;1H/q+1;/p-1. The lowest BCUT2D eigenvalue weighted by atomic mass is 10.1. The molecular formula is C17H16ClNS. The van der Waals surface area contributed by atoms with Gasteiger partial charge >= 0.3 is 0 Å². The minimum absolute atomic E-state index is 0. The van der Waals surface area contributed by atoms with Gasteiger partial charge in [-0.1, -0.05) is 59.9 Å². The summed E-state index contributed by atoms with van der Waals surface area (Å²) in [5.74, 6) is 0. The van der Waals surface area contributed by atoms with Crippen molar-refractivity contribution >= 4 is 11.3 Å². The predicted octanol–water partition coefficient (Wildman–Crippen LogP) is 1.39. The van der Waals surface area contributed by atoms with E-state index in [0.29, 0.717) is 0 Å². The molecule has 3 heteroatoms. The molecule has 0 aliphatic rings. The minimum atomic E-state index is 0. The van der Waals surface area contributed by atoms with Crippen molar-refractivity contribution in [2.24, 2.45) is 0 Å². The summed E-state index contributed by atoms with van der Waals surface area (Å²) in [4.78, 5) is 1.34. The molecule has 20 heavy (non-hydrogen) atoms. The number of rotatable bonds is 3. The lowest BCUT2D eigenvalue weighted by molar-refractivity contribution is -0.677. The van der Waals surface area contributed by atoms with Gasteiger partial charge in [-0.2, -0.15) is 4.57 Å². The number of thiazole rings is 1. The second kappa shape index (κ2) is 6.69. The van der Waals surface area contributed by atoms with Gasteiger partial charge in [-0.15, -0.1) is 0 Å². The van der Waals surface area contributed by atoms with Crippen LogP contribution in [0, 0.1) is 0 Å². The monoisotopic (exact) mass is 301 g/mol. The first-order chi connectivity index (χ1) is 9.40. The summed E-state index contributed by atoms with van der Waals surface area (Å²) in [6.07, 6.45) is 0. The molecule has 2 aromatic carbocycles. The Kier molecular flexibility index (Phi) is 4.94. The van der Waals surface area contributed by atoms with Crippen LogP contribution in [0.25, 0.3) is 21.7 Å². The van der Waals surface area contributed by atoms with Crippen LogP contribution in [-0.2, 0) is 6.54 Å². The van der Waals surface area contributed by atoms with Crippen molar-refractivity contribution in [2.75, 3.05) is 0 Å². The average molecular weight is 302 g/mol. The van der Waals surface area contributed by atoms with Crippen molar-refractivity contribution < 1.29 is 17.0 Å². The molecule has 0 saturated carbocycles. The highest BCUT2D eigenvalue weighted by molar-refractivity contribution is 7.13. The molecule has 3 rings (SSSR count). The Hall–Kier alpha value is -1.64. The Bertz CT molecular complexity index is 662. The molecule has 0 spiro atoms. The normalized spacial score (nSPS) is 10.1. The van der Waals surface area contributed by atoms with Gasteiger partial charge in [0.1, 0.15) is 11.4 Å². The Morgan fingerprint density at radius 1 is 0.850 bits per heavy atom. The lowest BCUT2D eigenvalue weighted by Gasteiger charge is -2.01. The van der Waals surface area contributed by atoms with Crippen LogP contribution in [0.4, 0.5) is 0 Å². The highest BCUT2D eigenvalue weighted by atomic mass is 35.5. The highest BCUT2D eigenvalue weighted by Crippen LogP contribution is 2.33. The van der Waals surface area contributed by atoms with E-state index in [4.69, 9.17) is 0 Å². The Morgan fingerprint density at radius 3 is 1.95 bits per heavy atom. The fraction of sp³-hybridized carbons (Fsp3) is 0.118. The van der Waals surface area contributed by atoms with Crippen molar-refractivity contribution in [2.45, 2.75) is 13.5 Å². The van der Waals surface area contributed by atoms with Gasteiger partial charge < -0.3 is 12.4 Å². The third kappa shape index (κ3) is 2.77. The van der Waals surface area contributed by atoms with Gasteiger partial charge in [0.05, 0.1) is 0 Å². The first-order valence-corrected chi connectivity index (χ1v) is 7.40. The van der Waals surface area contributed by atoms with Gasteiger partial charge in [0.15, 0.2) is 0 Å². The first kappa shape index (κ1) is 14.8. The smallest absolute Gasteiger partial charge is 0.231 e. The van der Waals surface area contributed by atoms with Crippen LogP contribution in [0.3, 0.4) is 0 Å². The van der Waals surface area contributed by atoms with E-state index in [1.165, 1.54) is 21.7 Å². The fourth-order valence-electron chi connectivity index (χ4n) is 2.28. The summed E-state index contributed by atoms with van der Waals surface area (Å²) in [6, 6.07) is 21.2. The van der Waals surface area contributed by atoms with Crippen LogP contribution < -0.4 is 17.0 Å². The molecule has 0 fully saturated rings. The summed E-state index contributed by atoms with van der Waals surface area (Å²) in [5.41, 5.74) is 6.10. The van der Waals surface area contributed by atoms with E-state index in [1.807, 2.05) is 11.3 Å². The Balaban J connectivity index is 0.00000147. The van der Waals surface area contributed by atoms with E-state index in [2.05, 4.69) is 77.7 Å². The maximum atomic E-state index is 2.32. The molecule has 0 radical (unpaired) electrons. The van der Waals surface area contributed by atoms with Gasteiger partial charge in [-0.05, 0) is 24.6 Å². The maximum Gasteiger partial charge on any atom is 0.231 e. The number of aryl methyl sites for hydroxylation is 1. The van der Waals surface area contributed by atoms with Crippen LogP contribution in [-0.4, -0.2) is 0 Å². The predicted molar refractivity (Wildman–Crippen MR) is 81.1 cm³/mol. The van der Waals surface area contributed by atoms with Crippen LogP contribution in [0.2, 0.25) is 0 Å². The zero-order valence-electron chi connectivity index (χ0n) is 11.3. The van der Waals surface area contributed by atoms with Crippen LogP contribution >= 0.6 is 11.3 Å². The van der Waals surface area contributed by atoms with Crippen molar-refractivity contribution in [1.29, 1.82) is 0 Å². The quantitative estimate of drug-likeness (QED) is 0.644. The Morgan fingerprint density at radius 2 is 1.40 bits per heavy atom.